The molecule has 1 aromatic carbocycles. The Labute approximate surface area is 122 Å². The fraction of sp³-hybridized carbons (Fsp3) is 0.647. The van der Waals surface area contributed by atoms with Gasteiger partial charge in [0.2, 0.25) is 0 Å². The molecule has 1 N–H and O–H groups in total. The first-order valence-electron chi connectivity index (χ1n) is 7.94. The second kappa shape index (κ2) is 7.75. The average molecular weight is 278 g/mol. The van der Waals surface area contributed by atoms with Gasteiger partial charge in [-0.15, -0.1) is 0 Å². The SMILES string of the molecule is CCCCN(CC1CCCN1)C(C)c1ccccc1F. The van der Waals surface area contributed by atoms with Crippen molar-refractivity contribution in [2.75, 3.05) is 19.6 Å². The van der Waals surface area contributed by atoms with Gasteiger partial charge in [-0.2, -0.15) is 0 Å². The maximum atomic E-state index is 14.0. The predicted octanol–water partition coefficient (Wildman–Crippen LogP) is 3.74. The molecule has 0 aliphatic carbocycles. The summed E-state index contributed by atoms with van der Waals surface area (Å²) >= 11 is 0. The van der Waals surface area contributed by atoms with E-state index >= 15 is 0 Å². The van der Waals surface area contributed by atoms with Crippen molar-refractivity contribution in [3.8, 4) is 0 Å². The Morgan fingerprint density at radius 2 is 2.20 bits per heavy atom. The van der Waals surface area contributed by atoms with Crippen molar-refractivity contribution in [2.45, 2.75) is 51.6 Å². The number of rotatable bonds is 7. The van der Waals surface area contributed by atoms with Crippen LogP contribution in [0.4, 0.5) is 4.39 Å². The molecule has 0 aromatic heterocycles. The van der Waals surface area contributed by atoms with Crippen molar-refractivity contribution in [3.63, 3.8) is 0 Å². The summed E-state index contributed by atoms with van der Waals surface area (Å²) in [6, 6.07) is 7.89. The van der Waals surface area contributed by atoms with E-state index in [9.17, 15) is 4.39 Å². The Bertz CT molecular complexity index is 402. The number of halogens is 1. The van der Waals surface area contributed by atoms with Gasteiger partial charge in [-0.05, 0) is 45.3 Å². The van der Waals surface area contributed by atoms with E-state index in [0.717, 1.165) is 25.2 Å². The van der Waals surface area contributed by atoms with E-state index < -0.39 is 0 Å². The molecular weight excluding hydrogens is 251 g/mol. The Balaban J connectivity index is 2.06. The lowest BCUT2D eigenvalue weighted by molar-refractivity contribution is 0.186. The number of hydrogen-bond acceptors (Lipinski definition) is 2. The molecule has 20 heavy (non-hydrogen) atoms. The fourth-order valence-corrected chi connectivity index (χ4v) is 3.01. The highest BCUT2D eigenvalue weighted by Crippen LogP contribution is 2.24. The highest BCUT2D eigenvalue weighted by atomic mass is 19.1. The van der Waals surface area contributed by atoms with E-state index in [2.05, 4.69) is 24.1 Å². The molecule has 3 heteroatoms. The molecule has 1 aromatic rings. The van der Waals surface area contributed by atoms with E-state index in [1.165, 1.54) is 25.7 Å². The molecule has 2 atom stereocenters. The van der Waals surface area contributed by atoms with Crippen LogP contribution < -0.4 is 5.32 Å². The summed E-state index contributed by atoms with van der Waals surface area (Å²) in [5.41, 5.74) is 0.821. The molecule has 1 saturated heterocycles. The van der Waals surface area contributed by atoms with Gasteiger partial charge in [0.25, 0.3) is 0 Å². The maximum Gasteiger partial charge on any atom is 0.127 e. The Hall–Kier alpha value is -0.930. The predicted molar refractivity (Wildman–Crippen MR) is 82.3 cm³/mol. The van der Waals surface area contributed by atoms with Gasteiger partial charge in [0.05, 0.1) is 0 Å². The minimum absolute atomic E-state index is 0.0825. The van der Waals surface area contributed by atoms with Crippen LogP contribution in [0.3, 0.4) is 0 Å². The largest absolute Gasteiger partial charge is 0.313 e. The van der Waals surface area contributed by atoms with Gasteiger partial charge in [0.1, 0.15) is 5.82 Å². The van der Waals surface area contributed by atoms with Gasteiger partial charge >= 0.3 is 0 Å². The second-order valence-electron chi connectivity index (χ2n) is 5.84. The maximum absolute atomic E-state index is 14.0. The van der Waals surface area contributed by atoms with Crippen LogP contribution in [0.5, 0.6) is 0 Å². The Morgan fingerprint density at radius 3 is 2.85 bits per heavy atom. The molecule has 1 aliphatic rings. The van der Waals surface area contributed by atoms with Crippen LogP contribution in [0.2, 0.25) is 0 Å². The lowest BCUT2D eigenvalue weighted by Gasteiger charge is -2.32. The van der Waals surface area contributed by atoms with Crippen molar-refractivity contribution < 1.29 is 4.39 Å². The van der Waals surface area contributed by atoms with Crippen molar-refractivity contribution in [3.05, 3.63) is 35.6 Å². The first-order chi connectivity index (χ1) is 9.72. The summed E-state index contributed by atoms with van der Waals surface area (Å²) in [5, 5.41) is 3.55. The zero-order chi connectivity index (χ0) is 14.4. The van der Waals surface area contributed by atoms with Gasteiger partial charge in [-0.3, -0.25) is 4.90 Å². The molecule has 1 fully saturated rings. The van der Waals surface area contributed by atoms with E-state index in [-0.39, 0.29) is 11.9 Å². The summed E-state index contributed by atoms with van der Waals surface area (Å²) in [7, 11) is 0. The molecule has 2 rings (SSSR count). The van der Waals surface area contributed by atoms with Crippen molar-refractivity contribution >= 4 is 0 Å². The molecule has 0 bridgehead atoms. The molecule has 0 amide bonds. The molecule has 1 heterocycles. The smallest absolute Gasteiger partial charge is 0.127 e. The lowest BCUT2D eigenvalue weighted by Crippen LogP contribution is -2.39. The Kier molecular flexibility index (Phi) is 5.99. The van der Waals surface area contributed by atoms with Crippen LogP contribution in [-0.4, -0.2) is 30.6 Å². The fourth-order valence-electron chi connectivity index (χ4n) is 3.01. The van der Waals surface area contributed by atoms with Crippen LogP contribution >= 0.6 is 0 Å². The molecular formula is C17H27FN2. The average Bonchev–Trinajstić information content (AvgIpc) is 2.96. The molecule has 0 radical (unpaired) electrons. The van der Waals surface area contributed by atoms with Gasteiger partial charge in [-0.25, -0.2) is 4.39 Å². The first kappa shape index (κ1) is 15.5. The molecule has 0 spiro atoms. The minimum Gasteiger partial charge on any atom is -0.313 e. The zero-order valence-corrected chi connectivity index (χ0v) is 12.7. The summed E-state index contributed by atoms with van der Waals surface area (Å²) in [6.45, 7) is 7.53. The van der Waals surface area contributed by atoms with Gasteiger partial charge in [0, 0.05) is 24.2 Å². The normalized spacial score (nSPS) is 20.5. The summed E-state index contributed by atoms with van der Waals surface area (Å²) in [5.74, 6) is -0.0825. The van der Waals surface area contributed by atoms with Crippen LogP contribution in [0, 0.1) is 5.82 Å². The van der Waals surface area contributed by atoms with Crippen LogP contribution in [0.1, 0.15) is 51.1 Å². The van der Waals surface area contributed by atoms with E-state index in [1.807, 2.05) is 12.1 Å². The van der Waals surface area contributed by atoms with Gasteiger partial charge in [-0.1, -0.05) is 31.5 Å². The summed E-state index contributed by atoms with van der Waals surface area (Å²) in [6.07, 6.45) is 4.86. The molecule has 2 unspecified atom stereocenters. The van der Waals surface area contributed by atoms with Gasteiger partial charge in [0.15, 0.2) is 0 Å². The van der Waals surface area contributed by atoms with Crippen LogP contribution in [0.25, 0.3) is 0 Å². The molecule has 112 valence electrons. The highest BCUT2D eigenvalue weighted by Gasteiger charge is 2.23. The van der Waals surface area contributed by atoms with Crippen LogP contribution in [-0.2, 0) is 0 Å². The topological polar surface area (TPSA) is 15.3 Å². The zero-order valence-electron chi connectivity index (χ0n) is 12.7. The molecule has 1 aliphatic heterocycles. The number of nitrogens with zero attached hydrogens (tertiary/aromatic N) is 1. The highest BCUT2D eigenvalue weighted by molar-refractivity contribution is 5.20. The second-order valence-corrected chi connectivity index (χ2v) is 5.84. The van der Waals surface area contributed by atoms with Crippen molar-refractivity contribution in [1.82, 2.24) is 10.2 Å². The van der Waals surface area contributed by atoms with E-state index in [1.54, 1.807) is 12.1 Å². The van der Waals surface area contributed by atoms with Crippen molar-refractivity contribution in [1.29, 1.82) is 0 Å². The summed E-state index contributed by atoms with van der Waals surface area (Å²) < 4.78 is 14.0. The number of unbranched alkanes of at least 4 members (excludes halogenated alkanes) is 1. The van der Waals surface area contributed by atoms with E-state index in [4.69, 9.17) is 0 Å². The standard InChI is InChI=1S/C17H27FN2/c1-3-4-12-20(13-15-8-7-11-19-15)14(2)16-9-5-6-10-17(16)18/h5-6,9-10,14-15,19H,3-4,7-8,11-13H2,1-2H3. The minimum atomic E-state index is -0.0825. The Morgan fingerprint density at radius 1 is 1.40 bits per heavy atom. The molecule has 2 nitrogen and oxygen atoms in total. The molecule has 0 saturated carbocycles. The monoisotopic (exact) mass is 278 g/mol. The summed E-state index contributed by atoms with van der Waals surface area (Å²) in [4.78, 5) is 2.44. The number of benzene rings is 1. The number of hydrogen-bond donors (Lipinski definition) is 1. The third kappa shape index (κ3) is 4.03. The first-order valence-corrected chi connectivity index (χ1v) is 7.94. The van der Waals surface area contributed by atoms with E-state index in [0.29, 0.717) is 6.04 Å². The van der Waals surface area contributed by atoms with Gasteiger partial charge < -0.3 is 5.32 Å². The third-order valence-corrected chi connectivity index (χ3v) is 4.32. The van der Waals surface area contributed by atoms with Crippen molar-refractivity contribution in [2.24, 2.45) is 0 Å². The quantitative estimate of drug-likeness (QED) is 0.817. The third-order valence-electron chi connectivity index (χ3n) is 4.32. The number of nitrogens with one attached hydrogen (secondary N) is 1. The van der Waals surface area contributed by atoms with Crippen LogP contribution in [0.15, 0.2) is 24.3 Å². The lowest BCUT2D eigenvalue weighted by atomic mass is 10.0.